The SMILES string of the molecule is Cc1nc(NC(C)C(N)=O)cc(C(N)=O)n1. The predicted molar refractivity (Wildman–Crippen MR) is 57.6 cm³/mol. The molecule has 7 nitrogen and oxygen atoms in total. The van der Waals surface area contributed by atoms with E-state index < -0.39 is 17.9 Å². The number of hydrogen-bond acceptors (Lipinski definition) is 5. The Bertz CT molecular complexity index is 432. The molecule has 0 aromatic carbocycles. The normalized spacial score (nSPS) is 11.9. The first kappa shape index (κ1) is 11.9. The van der Waals surface area contributed by atoms with Crippen molar-refractivity contribution >= 4 is 17.6 Å². The molecule has 1 aromatic heterocycles. The minimum atomic E-state index is -0.653. The second-order valence-electron chi connectivity index (χ2n) is 3.32. The molecular weight excluding hydrogens is 210 g/mol. The summed E-state index contributed by atoms with van der Waals surface area (Å²) < 4.78 is 0. The molecule has 0 aliphatic rings. The van der Waals surface area contributed by atoms with E-state index in [4.69, 9.17) is 11.5 Å². The molecule has 0 aliphatic carbocycles. The Labute approximate surface area is 92.2 Å². The molecule has 0 radical (unpaired) electrons. The Balaban J connectivity index is 2.97. The zero-order chi connectivity index (χ0) is 12.3. The van der Waals surface area contributed by atoms with E-state index in [1.807, 2.05) is 0 Å². The topological polar surface area (TPSA) is 124 Å². The summed E-state index contributed by atoms with van der Waals surface area (Å²) in [6.45, 7) is 3.20. The van der Waals surface area contributed by atoms with Crippen LogP contribution in [0.25, 0.3) is 0 Å². The lowest BCUT2D eigenvalue weighted by Crippen LogP contribution is -2.33. The summed E-state index contributed by atoms with van der Waals surface area (Å²) in [7, 11) is 0. The average molecular weight is 223 g/mol. The largest absolute Gasteiger partial charge is 0.368 e. The minimum absolute atomic E-state index is 0.0895. The zero-order valence-electron chi connectivity index (χ0n) is 9.02. The average Bonchev–Trinajstić information content (AvgIpc) is 2.16. The number of anilines is 1. The number of aryl methyl sites for hydroxylation is 1. The Morgan fingerprint density at radius 3 is 2.50 bits per heavy atom. The first-order valence-electron chi connectivity index (χ1n) is 4.61. The van der Waals surface area contributed by atoms with Gasteiger partial charge in [0.15, 0.2) is 0 Å². The highest BCUT2D eigenvalue weighted by Crippen LogP contribution is 2.07. The molecule has 0 fully saturated rings. The third kappa shape index (κ3) is 2.91. The zero-order valence-corrected chi connectivity index (χ0v) is 9.02. The van der Waals surface area contributed by atoms with Crippen molar-refractivity contribution in [3.05, 3.63) is 17.6 Å². The lowest BCUT2D eigenvalue weighted by Gasteiger charge is -2.11. The Hall–Kier alpha value is -2.18. The number of aromatic nitrogens is 2. The van der Waals surface area contributed by atoms with Gasteiger partial charge in [0.25, 0.3) is 5.91 Å². The predicted octanol–water partition coefficient (Wildman–Crippen LogP) is -0.830. The monoisotopic (exact) mass is 223 g/mol. The smallest absolute Gasteiger partial charge is 0.267 e. The number of nitrogens with zero attached hydrogens (tertiary/aromatic N) is 2. The Morgan fingerprint density at radius 2 is 2.00 bits per heavy atom. The van der Waals surface area contributed by atoms with Crippen LogP contribution in [0.2, 0.25) is 0 Å². The molecule has 1 rings (SSSR count). The molecule has 0 saturated carbocycles. The highest BCUT2D eigenvalue weighted by Gasteiger charge is 2.11. The van der Waals surface area contributed by atoms with Gasteiger partial charge in [0, 0.05) is 6.07 Å². The fourth-order valence-electron chi connectivity index (χ4n) is 1.06. The first-order chi connectivity index (χ1) is 7.40. The van der Waals surface area contributed by atoms with E-state index in [0.29, 0.717) is 11.6 Å². The third-order valence-electron chi connectivity index (χ3n) is 1.88. The molecule has 86 valence electrons. The molecule has 5 N–H and O–H groups in total. The van der Waals surface area contributed by atoms with E-state index in [2.05, 4.69) is 15.3 Å². The van der Waals surface area contributed by atoms with Crippen molar-refractivity contribution in [2.45, 2.75) is 19.9 Å². The van der Waals surface area contributed by atoms with E-state index in [0.717, 1.165) is 0 Å². The molecule has 2 amide bonds. The van der Waals surface area contributed by atoms with Crippen LogP contribution in [-0.4, -0.2) is 27.8 Å². The van der Waals surface area contributed by atoms with Gasteiger partial charge in [0.2, 0.25) is 5.91 Å². The van der Waals surface area contributed by atoms with E-state index in [-0.39, 0.29) is 5.69 Å². The van der Waals surface area contributed by atoms with Crippen LogP contribution >= 0.6 is 0 Å². The number of rotatable bonds is 4. The first-order valence-corrected chi connectivity index (χ1v) is 4.61. The Kier molecular flexibility index (Phi) is 3.39. The van der Waals surface area contributed by atoms with Crippen molar-refractivity contribution in [2.75, 3.05) is 5.32 Å². The Morgan fingerprint density at radius 1 is 1.38 bits per heavy atom. The third-order valence-corrected chi connectivity index (χ3v) is 1.88. The van der Waals surface area contributed by atoms with Crippen LogP contribution in [0.5, 0.6) is 0 Å². The second-order valence-corrected chi connectivity index (χ2v) is 3.32. The number of nitrogens with two attached hydrogens (primary N) is 2. The van der Waals surface area contributed by atoms with Gasteiger partial charge in [0.05, 0.1) is 0 Å². The van der Waals surface area contributed by atoms with Gasteiger partial charge in [-0.1, -0.05) is 0 Å². The van der Waals surface area contributed by atoms with E-state index in [1.165, 1.54) is 6.07 Å². The summed E-state index contributed by atoms with van der Waals surface area (Å²) >= 11 is 0. The quantitative estimate of drug-likeness (QED) is 0.614. The number of nitrogens with one attached hydrogen (secondary N) is 1. The molecule has 0 aliphatic heterocycles. The van der Waals surface area contributed by atoms with E-state index in [1.54, 1.807) is 13.8 Å². The van der Waals surface area contributed by atoms with Gasteiger partial charge in [-0.25, -0.2) is 9.97 Å². The van der Waals surface area contributed by atoms with Gasteiger partial charge >= 0.3 is 0 Å². The van der Waals surface area contributed by atoms with Crippen LogP contribution < -0.4 is 16.8 Å². The summed E-state index contributed by atoms with van der Waals surface area (Å²) in [5.74, 6) is -0.444. The summed E-state index contributed by atoms with van der Waals surface area (Å²) in [4.78, 5) is 29.6. The molecule has 1 unspecified atom stereocenters. The molecule has 1 atom stereocenters. The van der Waals surface area contributed by atoms with Gasteiger partial charge in [-0.3, -0.25) is 9.59 Å². The van der Waals surface area contributed by atoms with Gasteiger partial charge < -0.3 is 16.8 Å². The fraction of sp³-hybridized carbons (Fsp3) is 0.333. The highest BCUT2D eigenvalue weighted by molar-refractivity contribution is 5.91. The number of hydrogen-bond donors (Lipinski definition) is 3. The number of amides is 2. The standard InChI is InChI=1S/C9H13N5O2/c1-4(8(10)15)12-7-3-6(9(11)16)13-5(2)14-7/h3-4H,1-2H3,(H2,10,15)(H2,11,16)(H,12,13,14). The number of carbonyl (C=O) groups is 2. The fourth-order valence-corrected chi connectivity index (χ4v) is 1.06. The number of primary amides is 2. The van der Waals surface area contributed by atoms with E-state index >= 15 is 0 Å². The van der Waals surface area contributed by atoms with Crippen LogP contribution in [0.1, 0.15) is 23.2 Å². The van der Waals surface area contributed by atoms with Crippen molar-refractivity contribution in [1.82, 2.24) is 9.97 Å². The van der Waals surface area contributed by atoms with Gasteiger partial charge in [-0.05, 0) is 13.8 Å². The maximum atomic E-state index is 10.9. The summed E-state index contributed by atoms with van der Waals surface area (Å²) in [5.41, 5.74) is 10.3. The van der Waals surface area contributed by atoms with Crippen LogP contribution in [-0.2, 0) is 4.79 Å². The summed E-state index contributed by atoms with van der Waals surface area (Å²) in [6.07, 6.45) is 0. The van der Waals surface area contributed by atoms with Crippen molar-refractivity contribution in [1.29, 1.82) is 0 Å². The molecule has 0 spiro atoms. The molecule has 7 heteroatoms. The number of carbonyl (C=O) groups excluding carboxylic acids is 2. The maximum absolute atomic E-state index is 10.9. The van der Waals surface area contributed by atoms with Gasteiger partial charge in [-0.15, -0.1) is 0 Å². The van der Waals surface area contributed by atoms with Gasteiger partial charge in [-0.2, -0.15) is 0 Å². The van der Waals surface area contributed by atoms with Crippen LogP contribution in [0, 0.1) is 6.92 Å². The van der Waals surface area contributed by atoms with Crippen molar-refractivity contribution in [2.24, 2.45) is 11.5 Å². The molecule has 0 bridgehead atoms. The molecule has 1 heterocycles. The van der Waals surface area contributed by atoms with E-state index in [9.17, 15) is 9.59 Å². The van der Waals surface area contributed by atoms with Crippen LogP contribution in [0.4, 0.5) is 5.82 Å². The highest BCUT2D eigenvalue weighted by atomic mass is 16.1. The maximum Gasteiger partial charge on any atom is 0.267 e. The molecule has 0 saturated heterocycles. The van der Waals surface area contributed by atoms with Crippen molar-refractivity contribution < 1.29 is 9.59 Å². The van der Waals surface area contributed by atoms with Crippen LogP contribution in [0.15, 0.2) is 6.07 Å². The second kappa shape index (κ2) is 4.56. The lowest BCUT2D eigenvalue weighted by atomic mass is 10.3. The molecule has 16 heavy (non-hydrogen) atoms. The summed E-state index contributed by atoms with van der Waals surface area (Å²) in [5, 5.41) is 2.74. The van der Waals surface area contributed by atoms with Gasteiger partial charge in [0.1, 0.15) is 23.4 Å². The van der Waals surface area contributed by atoms with Crippen LogP contribution in [0.3, 0.4) is 0 Å². The summed E-state index contributed by atoms with van der Waals surface area (Å²) in [6, 6.07) is 0.782. The molecular formula is C9H13N5O2. The van der Waals surface area contributed by atoms with Crippen molar-refractivity contribution in [3.8, 4) is 0 Å². The minimum Gasteiger partial charge on any atom is -0.368 e. The molecule has 1 aromatic rings. The van der Waals surface area contributed by atoms with Crippen molar-refractivity contribution in [3.63, 3.8) is 0 Å². The lowest BCUT2D eigenvalue weighted by molar-refractivity contribution is -0.118.